The second-order valence-electron chi connectivity index (χ2n) is 6.21. The van der Waals surface area contributed by atoms with Crippen molar-refractivity contribution in [3.63, 3.8) is 0 Å². The molecule has 0 atom stereocenters. The molecule has 0 amide bonds. The minimum atomic E-state index is 0.408. The van der Waals surface area contributed by atoms with E-state index in [0.29, 0.717) is 29.7 Å². The summed E-state index contributed by atoms with van der Waals surface area (Å²) < 4.78 is 16.7. The van der Waals surface area contributed by atoms with Gasteiger partial charge in [0, 0.05) is 5.56 Å². The third-order valence-electron chi connectivity index (χ3n) is 4.24. The minimum Gasteiger partial charge on any atom is -0.496 e. The lowest BCUT2D eigenvalue weighted by molar-refractivity contribution is 0.284. The van der Waals surface area contributed by atoms with Crippen LogP contribution in [0.15, 0.2) is 71.8 Å². The lowest BCUT2D eigenvalue weighted by Crippen LogP contribution is -2.07. The molecule has 3 aromatic carbocycles. The van der Waals surface area contributed by atoms with Crippen LogP contribution in [0.25, 0.3) is 0 Å². The maximum atomic E-state index is 6.42. The van der Waals surface area contributed by atoms with Crippen molar-refractivity contribution in [2.24, 2.45) is 5.10 Å². The summed E-state index contributed by atoms with van der Waals surface area (Å²) in [5.74, 6) is 1.89. The van der Waals surface area contributed by atoms with E-state index in [1.807, 2.05) is 60.7 Å². The van der Waals surface area contributed by atoms with Crippen LogP contribution in [0.4, 0.5) is 0 Å². The first-order valence-electron chi connectivity index (χ1n) is 9.13. The third kappa shape index (κ3) is 5.65. The van der Waals surface area contributed by atoms with Gasteiger partial charge >= 0.3 is 0 Å². The number of rotatable bonds is 9. The second kappa shape index (κ2) is 10.4. The summed E-state index contributed by atoms with van der Waals surface area (Å²) in [6.45, 7) is 0.953. The molecular formula is C23H23ClN2O3. The fourth-order valence-electron chi connectivity index (χ4n) is 2.78. The van der Waals surface area contributed by atoms with E-state index < -0.39 is 0 Å². The predicted molar refractivity (Wildman–Crippen MR) is 116 cm³/mol. The van der Waals surface area contributed by atoms with Crippen molar-refractivity contribution >= 4 is 17.8 Å². The predicted octanol–water partition coefficient (Wildman–Crippen LogP) is 5.06. The van der Waals surface area contributed by atoms with E-state index in [-0.39, 0.29) is 0 Å². The Kier molecular flexibility index (Phi) is 7.36. The van der Waals surface area contributed by atoms with Crippen LogP contribution >= 0.6 is 11.6 Å². The Labute approximate surface area is 175 Å². The van der Waals surface area contributed by atoms with Crippen molar-refractivity contribution < 1.29 is 14.2 Å². The number of methoxy groups -OCH3 is 2. The number of hydrogen-bond donors (Lipinski definition) is 1. The number of nitrogens with zero attached hydrogens (tertiary/aromatic N) is 1. The Bertz CT molecular complexity index is 962. The number of benzene rings is 3. The number of ether oxygens (including phenoxy) is 3. The Hall–Kier alpha value is -3.18. The van der Waals surface area contributed by atoms with E-state index >= 15 is 0 Å². The Balaban J connectivity index is 1.65. The van der Waals surface area contributed by atoms with Gasteiger partial charge in [-0.25, -0.2) is 0 Å². The molecule has 0 saturated heterocycles. The van der Waals surface area contributed by atoms with Gasteiger partial charge in [0.1, 0.15) is 12.4 Å². The summed E-state index contributed by atoms with van der Waals surface area (Å²) in [6, 6.07) is 21.3. The smallest absolute Gasteiger partial charge is 0.180 e. The molecule has 0 aliphatic heterocycles. The van der Waals surface area contributed by atoms with Crippen molar-refractivity contribution in [3.8, 4) is 17.2 Å². The average molecular weight is 411 g/mol. The SMILES string of the molecule is COc1ccccc1CN/N=C\c1cc(Cl)c(OCc2ccccc2)c(OC)c1. The number of para-hydroxylation sites is 1. The second-order valence-corrected chi connectivity index (χ2v) is 6.62. The van der Waals surface area contributed by atoms with Crippen molar-refractivity contribution in [1.82, 2.24) is 5.43 Å². The van der Waals surface area contributed by atoms with E-state index in [9.17, 15) is 0 Å². The zero-order valence-corrected chi connectivity index (χ0v) is 17.1. The van der Waals surface area contributed by atoms with E-state index in [4.69, 9.17) is 25.8 Å². The van der Waals surface area contributed by atoms with Gasteiger partial charge in [-0.05, 0) is 29.3 Å². The largest absolute Gasteiger partial charge is 0.496 e. The van der Waals surface area contributed by atoms with Crippen LogP contribution < -0.4 is 19.6 Å². The topological polar surface area (TPSA) is 52.1 Å². The summed E-state index contributed by atoms with van der Waals surface area (Å²) in [5.41, 5.74) is 5.89. The highest BCUT2D eigenvalue weighted by molar-refractivity contribution is 6.32. The van der Waals surface area contributed by atoms with Crippen molar-refractivity contribution in [2.45, 2.75) is 13.2 Å². The van der Waals surface area contributed by atoms with E-state index in [1.54, 1.807) is 26.5 Å². The molecule has 0 aromatic heterocycles. The summed E-state index contributed by atoms with van der Waals surface area (Å²) in [4.78, 5) is 0. The molecule has 0 saturated carbocycles. The summed E-state index contributed by atoms with van der Waals surface area (Å²) in [5, 5.41) is 4.73. The normalized spacial score (nSPS) is 10.7. The number of halogens is 1. The van der Waals surface area contributed by atoms with Gasteiger partial charge in [-0.1, -0.05) is 60.1 Å². The van der Waals surface area contributed by atoms with Gasteiger partial charge in [0.25, 0.3) is 0 Å². The number of hydrogen-bond acceptors (Lipinski definition) is 5. The quantitative estimate of drug-likeness (QED) is 0.395. The van der Waals surface area contributed by atoms with Gasteiger partial charge in [0.15, 0.2) is 11.5 Å². The molecule has 3 rings (SSSR count). The van der Waals surface area contributed by atoms with Gasteiger partial charge in [0.05, 0.1) is 32.0 Å². The fourth-order valence-corrected chi connectivity index (χ4v) is 3.06. The molecule has 0 aliphatic rings. The van der Waals surface area contributed by atoms with Gasteiger partial charge in [-0.15, -0.1) is 0 Å². The van der Waals surface area contributed by atoms with Crippen LogP contribution in [-0.4, -0.2) is 20.4 Å². The zero-order valence-electron chi connectivity index (χ0n) is 16.4. The molecular weight excluding hydrogens is 388 g/mol. The maximum absolute atomic E-state index is 6.42. The molecule has 0 radical (unpaired) electrons. The van der Waals surface area contributed by atoms with Crippen LogP contribution in [-0.2, 0) is 13.2 Å². The molecule has 0 heterocycles. The Morgan fingerprint density at radius 2 is 1.66 bits per heavy atom. The van der Waals surface area contributed by atoms with Crippen LogP contribution in [0, 0.1) is 0 Å². The highest BCUT2D eigenvalue weighted by atomic mass is 35.5. The average Bonchev–Trinajstić information content (AvgIpc) is 2.76. The maximum Gasteiger partial charge on any atom is 0.180 e. The number of hydrazone groups is 1. The van der Waals surface area contributed by atoms with E-state index in [2.05, 4.69) is 10.5 Å². The van der Waals surface area contributed by atoms with Gasteiger partial charge in [-0.2, -0.15) is 5.10 Å². The van der Waals surface area contributed by atoms with Crippen LogP contribution in [0.1, 0.15) is 16.7 Å². The highest BCUT2D eigenvalue weighted by Crippen LogP contribution is 2.36. The number of nitrogens with one attached hydrogen (secondary N) is 1. The molecule has 0 unspecified atom stereocenters. The summed E-state index contributed by atoms with van der Waals surface area (Å²) in [7, 11) is 3.24. The van der Waals surface area contributed by atoms with Crippen LogP contribution in [0.5, 0.6) is 17.2 Å². The molecule has 0 aliphatic carbocycles. The molecule has 6 heteroatoms. The van der Waals surface area contributed by atoms with E-state index in [0.717, 1.165) is 22.4 Å². The fraction of sp³-hybridized carbons (Fsp3) is 0.174. The monoisotopic (exact) mass is 410 g/mol. The standard InChI is InChI=1S/C23H23ClN2O3/c1-27-21-11-7-6-10-19(21)15-26-25-14-18-12-20(24)23(22(13-18)28-2)29-16-17-8-4-3-5-9-17/h3-14,26H,15-16H2,1-2H3/b25-14-. The van der Waals surface area contributed by atoms with Gasteiger partial charge in [-0.3, -0.25) is 0 Å². The van der Waals surface area contributed by atoms with Gasteiger partial charge in [0.2, 0.25) is 0 Å². The molecule has 5 nitrogen and oxygen atoms in total. The van der Waals surface area contributed by atoms with Crippen LogP contribution in [0.3, 0.4) is 0 Å². The van der Waals surface area contributed by atoms with Crippen LogP contribution in [0.2, 0.25) is 5.02 Å². The Morgan fingerprint density at radius 3 is 2.41 bits per heavy atom. The highest BCUT2D eigenvalue weighted by Gasteiger charge is 2.12. The van der Waals surface area contributed by atoms with Crippen molar-refractivity contribution in [3.05, 3.63) is 88.4 Å². The van der Waals surface area contributed by atoms with Gasteiger partial charge < -0.3 is 19.6 Å². The third-order valence-corrected chi connectivity index (χ3v) is 4.53. The molecule has 0 spiro atoms. The van der Waals surface area contributed by atoms with Crippen molar-refractivity contribution in [2.75, 3.05) is 14.2 Å². The zero-order chi connectivity index (χ0) is 20.5. The minimum absolute atomic E-state index is 0.408. The first-order chi connectivity index (χ1) is 14.2. The molecule has 0 bridgehead atoms. The van der Waals surface area contributed by atoms with Crippen molar-refractivity contribution in [1.29, 1.82) is 0 Å². The molecule has 0 fully saturated rings. The Morgan fingerprint density at radius 1 is 0.931 bits per heavy atom. The first kappa shape index (κ1) is 20.6. The summed E-state index contributed by atoms with van der Waals surface area (Å²) in [6.07, 6.45) is 1.69. The molecule has 3 aromatic rings. The lowest BCUT2D eigenvalue weighted by Gasteiger charge is -2.13. The summed E-state index contributed by atoms with van der Waals surface area (Å²) >= 11 is 6.42. The van der Waals surface area contributed by atoms with E-state index in [1.165, 1.54) is 0 Å². The first-order valence-corrected chi connectivity index (χ1v) is 9.51. The molecule has 1 N–H and O–H groups in total. The lowest BCUT2D eigenvalue weighted by atomic mass is 10.2. The molecule has 150 valence electrons. The molecule has 29 heavy (non-hydrogen) atoms.